The van der Waals surface area contributed by atoms with E-state index in [0.717, 1.165) is 35.2 Å². The summed E-state index contributed by atoms with van der Waals surface area (Å²) in [7, 11) is 0. The molecule has 1 saturated carbocycles. The maximum atomic E-state index is 13.3. The molecule has 5 heteroatoms. The second-order valence-corrected chi connectivity index (χ2v) is 7.77. The number of halogens is 1. The Morgan fingerprint density at radius 3 is 2.41 bits per heavy atom. The molecule has 1 fully saturated rings. The maximum absolute atomic E-state index is 13.3. The number of hydrogen-bond acceptors (Lipinski definition) is 2. The molecule has 27 heavy (non-hydrogen) atoms. The van der Waals surface area contributed by atoms with E-state index in [9.17, 15) is 4.79 Å². The zero-order chi connectivity index (χ0) is 18.4. The fourth-order valence-corrected chi connectivity index (χ4v) is 4.64. The Hall–Kier alpha value is -2.59. The van der Waals surface area contributed by atoms with Gasteiger partial charge in [0.2, 0.25) is 0 Å². The van der Waals surface area contributed by atoms with E-state index in [2.05, 4.69) is 27.2 Å². The highest BCUT2D eigenvalue weighted by Crippen LogP contribution is 2.45. The van der Waals surface area contributed by atoms with Gasteiger partial charge in [0.05, 0.1) is 11.7 Å². The van der Waals surface area contributed by atoms with Gasteiger partial charge in [-0.15, -0.1) is 0 Å². The molecule has 1 aromatic heterocycles. The second-order valence-electron chi connectivity index (χ2n) is 7.33. The average molecular weight is 378 g/mol. The predicted octanol–water partition coefficient (Wildman–Crippen LogP) is 5.22. The van der Waals surface area contributed by atoms with Gasteiger partial charge in [-0.2, -0.15) is 5.10 Å². The van der Waals surface area contributed by atoms with Crippen LogP contribution in [0.3, 0.4) is 0 Å². The van der Waals surface area contributed by atoms with Crippen molar-refractivity contribution in [3.8, 4) is 11.3 Å². The molecule has 4 nitrogen and oxygen atoms in total. The van der Waals surface area contributed by atoms with Crippen molar-refractivity contribution in [1.82, 2.24) is 15.1 Å². The number of aromatic amines is 1. The summed E-state index contributed by atoms with van der Waals surface area (Å²) in [6, 6.07) is 18.1. The van der Waals surface area contributed by atoms with Crippen molar-refractivity contribution in [3.63, 3.8) is 0 Å². The normalized spacial score (nSPS) is 19.7. The Kier molecular flexibility index (Phi) is 4.01. The summed E-state index contributed by atoms with van der Waals surface area (Å²) in [6.07, 6.45) is 4.52. The number of amides is 1. The highest BCUT2D eigenvalue weighted by atomic mass is 35.5. The third-order valence-electron chi connectivity index (χ3n) is 5.76. The minimum absolute atomic E-state index is 0.0680. The van der Waals surface area contributed by atoms with E-state index in [1.54, 1.807) is 0 Å². The van der Waals surface area contributed by atoms with Gasteiger partial charge in [-0.25, -0.2) is 0 Å². The molecular formula is C22H20ClN3O. The van der Waals surface area contributed by atoms with E-state index in [1.165, 1.54) is 12.8 Å². The fourth-order valence-electron chi connectivity index (χ4n) is 4.51. The summed E-state index contributed by atoms with van der Waals surface area (Å²) in [5.41, 5.74) is 4.55. The minimum atomic E-state index is -0.0961. The number of nitrogens with one attached hydrogen (secondary N) is 1. The van der Waals surface area contributed by atoms with Gasteiger partial charge in [0.15, 0.2) is 0 Å². The molecule has 1 amide bonds. The number of aromatic nitrogens is 2. The fraction of sp³-hybridized carbons (Fsp3) is 0.273. The second kappa shape index (κ2) is 6.54. The van der Waals surface area contributed by atoms with Gasteiger partial charge >= 0.3 is 0 Å². The molecule has 3 aromatic rings. The number of fused-ring (bicyclic) bond motifs is 1. The smallest absolute Gasteiger partial charge is 0.273 e. The monoisotopic (exact) mass is 377 g/mol. The molecule has 1 N–H and O–H groups in total. The number of rotatable bonds is 3. The van der Waals surface area contributed by atoms with E-state index >= 15 is 0 Å². The molecule has 2 aliphatic rings. The SMILES string of the molecule is O=C1c2[nH]nc(-c3ccc(Cl)cc3)c2C(c2ccccc2)N1C1CCCC1. The summed E-state index contributed by atoms with van der Waals surface area (Å²) in [4.78, 5) is 15.4. The molecule has 2 heterocycles. The van der Waals surface area contributed by atoms with Crippen LogP contribution in [-0.2, 0) is 0 Å². The first-order valence-corrected chi connectivity index (χ1v) is 9.83. The molecule has 1 unspecified atom stereocenters. The third-order valence-corrected chi connectivity index (χ3v) is 6.01. The lowest BCUT2D eigenvalue weighted by Gasteiger charge is -2.31. The lowest BCUT2D eigenvalue weighted by atomic mass is 9.95. The standard InChI is InChI=1S/C22H20ClN3O/c23-16-12-10-14(11-13-16)19-18-20(25-24-19)22(27)26(17-8-4-5-9-17)21(18)15-6-2-1-3-7-15/h1-3,6-7,10-13,17,21H,4-5,8-9H2,(H,24,25). The van der Waals surface area contributed by atoms with Crippen LogP contribution in [0.4, 0.5) is 0 Å². The van der Waals surface area contributed by atoms with Gasteiger partial charge < -0.3 is 4.90 Å². The first-order valence-electron chi connectivity index (χ1n) is 9.46. The molecule has 0 radical (unpaired) electrons. The molecule has 5 rings (SSSR count). The lowest BCUT2D eigenvalue weighted by Crippen LogP contribution is -2.37. The van der Waals surface area contributed by atoms with Crippen molar-refractivity contribution in [1.29, 1.82) is 0 Å². The van der Waals surface area contributed by atoms with Crippen molar-refractivity contribution in [3.05, 3.63) is 76.4 Å². The van der Waals surface area contributed by atoms with E-state index in [0.29, 0.717) is 16.8 Å². The lowest BCUT2D eigenvalue weighted by molar-refractivity contribution is 0.0660. The van der Waals surface area contributed by atoms with Crippen LogP contribution in [-0.4, -0.2) is 27.0 Å². The Morgan fingerprint density at radius 1 is 1.00 bits per heavy atom. The topological polar surface area (TPSA) is 49.0 Å². The number of carbonyl (C=O) groups excluding carboxylic acids is 1. The molecule has 136 valence electrons. The number of benzene rings is 2. The Morgan fingerprint density at radius 2 is 1.70 bits per heavy atom. The minimum Gasteiger partial charge on any atom is -0.323 e. The van der Waals surface area contributed by atoms with Crippen LogP contribution in [0, 0.1) is 0 Å². The van der Waals surface area contributed by atoms with Crippen LogP contribution in [0.5, 0.6) is 0 Å². The highest BCUT2D eigenvalue weighted by molar-refractivity contribution is 6.30. The number of H-pyrrole nitrogens is 1. The highest BCUT2D eigenvalue weighted by Gasteiger charge is 2.45. The van der Waals surface area contributed by atoms with Crippen LogP contribution in [0.15, 0.2) is 54.6 Å². The molecule has 0 spiro atoms. The van der Waals surface area contributed by atoms with Gasteiger partial charge in [0, 0.05) is 22.2 Å². The molecule has 1 atom stereocenters. The predicted molar refractivity (Wildman–Crippen MR) is 106 cm³/mol. The van der Waals surface area contributed by atoms with Crippen molar-refractivity contribution < 1.29 is 4.79 Å². The zero-order valence-corrected chi connectivity index (χ0v) is 15.6. The van der Waals surface area contributed by atoms with E-state index in [4.69, 9.17) is 11.6 Å². The quantitative estimate of drug-likeness (QED) is 0.680. The van der Waals surface area contributed by atoms with Crippen LogP contribution in [0.1, 0.15) is 53.3 Å². The first-order chi connectivity index (χ1) is 13.2. The van der Waals surface area contributed by atoms with E-state index in [-0.39, 0.29) is 11.9 Å². The number of carbonyl (C=O) groups is 1. The van der Waals surface area contributed by atoms with Gasteiger partial charge in [0.1, 0.15) is 5.69 Å². The Balaban J connectivity index is 1.67. The van der Waals surface area contributed by atoms with Crippen LogP contribution in [0.2, 0.25) is 5.02 Å². The summed E-state index contributed by atoms with van der Waals surface area (Å²) >= 11 is 6.06. The molecular weight excluding hydrogens is 358 g/mol. The van der Waals surface area contributed by atoms with Gasteiger partial charge in [-0.05, 0) is 30.5 Å². The van der Waals surface area contributed by atoms with Crippen molar-refractivity contribution in [2.24, 2.45) is 0 Å². The van der Waals surface area contributed by atoms with Crippen molar-refractivity contribution >= 4 is 17.5 Å². The van der Waals surface area contributed by atoms with Gasteiger partial charge in [-0.3, -0.25) is 9.89 Å². The van der Waals surface area contributed by atoms with Crippen LogP contribution >= 0.6 is 11.6 Å². The Labute approximate surface area is 163 Å². The summed E-state index contributed by atoms with van der Waals surface area (Å²) in [5, 5.41) is 8.23. The molecule has 1 aliphatic carbocycles. The van der Waals surface area contributed by atoms with Gasteiger partial charge in [0.25, 0.3) is 5.91 Å². The summed E-state index contributed by atoms with van der Waals surface area (Å²) in [6.45, 7) is 0. The molecule has 0 saturated heterocycles. The summed E-state index contributed by atoms with van der Waals surface area (Å²) < 4.78 is 0. The first kappa shape index (κ1) is 16.6. The largest absolute Gasteiger partial charge is 0.323 e. The van der Waals surface area contributed by atoms with Crippen LogP contribution < -0.4 is 0 Å². The van der Waals surface area contributed by atoms with Gasteiger partial charge in [-0.1, -0.05) is 66.9 Å². The third kappa shape index (κ3) is 2.67. The van der Waals surface area contributed by atoms with Crippen LogP contribution in [0.25, 0.3) is 11.3 Å². The number of nitrogens with zero attached hydrogens (tertiary/aromatic N) is 2. The van der Waals surface area contributed by atoms with E-state index < -0.39 is 0 Å². The Bertz CT molecular complexity index is 975. The molecule has 0 bridgehead atoms. The van der Waals surface area contributed by atoms with Crippen molar-refractivity contribution in [2.75, 3.05) is 0 Å². The van der Waals surface area contributed by atoms with E-state index in [1.807, 2.05) is 42.5 Å². The van der Waals surface area contributed by atoms with Crippen molar-refractivity contribution in [2.45, 2.75) is 37.8 Å². The number of hydrogen-bond donors (Lipinski definition) is 1. The average Bonchev–Trinajstić information content (AvgIpc) is 3.41. The molecule has 1 aliphatic heterocycles. The molecule has 2 aromatic carbocycles. The zero-order valence-electron chi connectivity index (χ0n) is 14.9. The summed E-state index contributed by atoms with van der Waals surface area (Å²) in [5.74, 6) is 0.0680. The maximum Gasteiger partial charge on any atom is 0.273 e.